The van der Waals surface area contributed by atoms with E-state index in [9.17, 15) is 10.0 Å². The van der Waals surface area contributed by atoms with E-state index in [-0.39, 0.29) is 24.5 Å². The van der Waals surface area contributed by atoms with Crippen LogP contribution in [0.5, 0.6) is 11.5 Å². The first kappa shape index (κ1) is 27.7. The Morgan fingerprint density at radius 1 is 1.08 bits per heavy atom. The molecule has 0 spiro atoms. The number of aromatic nitrogens is 2. The number of ether oxygens (including phenoxy) is 3. The number of nitrogens with one attached hydrogen (secondary N) is 2. The minimum atomic E-state index is -0.316. The van der Waals surface area contributed by atoms with Gasteiger partial charge in [-0.15, -0.1) is 0 Å². The molecule has 0 amide bonds. The van der Waals surface area contributed by atoms with Crippen LogP contribution >= 0.6 is 0 Å². The van der Waals surface area contributed by atoms with E-state index >= 15 is 0 Å². The fraction of sp³-hybridized carbons (Fsp3) is 0.300. The summed E-state index contributed by atoms with van der Waals surface area (Å²) in [6, 6.07) is 17.6. The number of hydroxylamine groups is 1. The number of carbonyl (C=O) groups excluding carboxylic acids is 1. The smallest absolute Gasteiger partial charge is 0.302 e. The van der Waals surface area contributed by atoms with Gasteiger partial charge in [0.1, 0.15) is 23.0 Å². The fourth-order valence-corrected chi connectivity index (χ4v) is 4.56. The lowest BCUT2D eigenvalue weighted by Gasteiger charge is -2.12. The molecule has 0 saturated carbocycles. The summed E-state index contributed by atoms with van der Waals surface area (Å²) in [5.41, 5.74) is 7.80. The molecule has 0 aliphatic heterocycles. The van der Waals surface area contributed by atoms with E-state index in [2.05, 4.69) is 19.9 Å². The molecule has 0 unspecified atom stereocenters. The van der Waals surface area contributed by atoms with Crippen LogP contribution in [-0.2, 0) is 16.0 Å². The van der Waals surface area contributed by atoms with Crippen LogP contribution in [0, 0.1) is 5.41 Å². The van der Waals surface area contributed by atoms with E-state index in [1.54, 1.807) is 13.2 Å². The molecule has 0 aliphatic carbocycles. The summed E-state index contributed by atoms with van der Waals surface area (Å²) in [7, 11) is 1.57. The first-order valence-electron chi connectivity index (χ1n) is 12.9. The van der Waals surface area contributed by atoms with Crippen LogP contribution in [0.2, 0.25) is 0 Å². The summed E-state index contributed by atoms with van der Waals surface area (Å²) in [5.74, 6) is 0.857. The van der Waals surface area contributed by atoms with Crippen molar-refractivity contribution in [1.82, 2.24) is 15.3 Å². The van der Waals surface area contributed by atoms with Crippen LogP contribution in [0.1, 0.15) is 44.9 Å². The van der Waals surface area contributed by atoms with Crippen LogP contribution < -0.4 is 15.0 Å². The highest BCUT2D eigenvalue weighted by Crippen LogP contribution is 2.37. The van der Waals surface area contributed by atoms with Crippen LogP contribution in [0.15, 0.2) is 54.6 Å². The first-order valence-corrected chi connectivity index (χ1v) is 12.9. The summed E-state index contributed by atoms with van der Waals surface area (Å²) in [4.78, 5) is 11.4. The number of methoxy groups -OCH3 is 1. The van der Waals surface area contributed by atoms with Gasteiger partial charge in [-0.2, -0.15) is 5.10 Å². The second-order valence-corrected chi connectivity index (χ2v) is 9.40. The van der Waals surface area contributed by atoms with Crippen molar-refractivity contribution in [2.45, 2.75) is 40.2 Å². The molecular formula is C30H34N4O5. The normalized spacial score (nSPS) is 11.1. The lowest BCUT2D eigenvalue weighted by Crippen LogP contribution is -2.18. The quantitative estimate of drug-likeness (QED) is 0.103. The molecule has 1 aromatic heterocycles. The number of hydrogen-bond donors (Lipinski definition) is 3. The van der Waals surface area contributed by atoms with Gasteiger partial charge in [-0.1, -0.05) is 12.1 Å². The molecular weight excluding hydrogens is 496 g/mol. The van der Waals surface area contributed by atoms with E-state index in [4.69, 9.17) is 24.7 Å². The maximum atomic E-state index is 11.4. The van der Waals surface area contributed by atoms with Crippen LogP contribution in [0.4, 0.5) is 0 Å². The van der Waals surface area contributed by atoms with E-state index in [1.807, 2.05) is 59.6 Å². The van der Waals surface area contributed by atoms with E-state index in [0.29, 0.717) is 24.3 Å². The molecule has 0 radical (unpaired) electrons. The average Bonchev–Trinajstić information content (AvgIpc) is 3.32. The third-order valence-electron chi connectivity index (χ3n) is 6.40. The SMILES string of the molecule is CCOc1ccc(CCOC(C)=O)c(-c2nn(C(C)C)c3ccc(-c4cc(OC)cc(C(=N)NO)c4)cc23)c1. The van der Waals surface area contributed by atoms with Crippen LogP contribution in [-0.4, -0.2) is 47.1 Å². The van der Waals surface area contributed by atoms with Gasteiger partial charge in [-0.05, 0) is 79.9 Å². The van der Waals surface area contributed by atoms with Gasteiger partial charge in [0.15, 0.2) is 0 Å². The highest BCUT2D eigenvalue weighted by molar-refractivity contribution is 5.99. The second-order valence-electron chi connectivity index (χ2n) is 9.40. The second kappa shape index (κ2) is 12.0. The van der Waals surface area contributed by atoms with Crippen molar-refractivity contribution in [2.24, 2.45) is 0 Å². The summed E-state index contributed by atoms with van der Waals surface area (Å²) >= 11 is 0. The van der Waals surface area contributed by atoms with Gasteiger partial charge < -0.3 is 14.2 Å². The molecule has 0 bridgehead atoms. The molecule has 1 heterocycles. The predicted molar refractivity (Wildman–Crippen MR) is 151 cm³/mol. The zero-order chi connectivity index (χ0) is 28.1. The summed E-state index contributed by atoms with van der Waals surface area (Å²) in [6.07, 6.45) is 0.534. The Morgan fingerprint density at radius 2 is 1.87 bits per heavy atom. The monoisotopic (exact) mass is 530 g/mol. The Kier molecular flexibility index (Phi) is 8.51. The fourth-order valence-electron chi connectivity index (χ4n) is 4.56. The minimum absolute atomic E-state index is 0.117. The van der Waals surface area contributed by atoms with E-state index < -0.39 is 0 Å². The number of hydrogen-bond acceptors (Lipinski definition) is 7. The molecule has 9 heteroatoms. The number of carbonyl (C=O) groups is 1. The Hall–Kier alpha value is -4.37. The van der Waals surface area contributed by atoms with Crippen molar-refractivity contribution in [3.8, 4) is 33.9 Å². The third kappa shape index (κ3) is 6.04. The molecule has 9 nitrogen and oxygen atoms in total. The van der Waals surface area contributed by atoms with Crippen molar-refractivity contribution >= 4 is 22.7 Å². The Balaban J connectivity index is 1.92. The van der Waals surface area contributed by atoms with Crippen molar-refractivity contribution in [3.05, 3.63) is 65.7 Å². The average molecular weight is 531 g/mol. The standard InChI is InChI=1S/C30H34N4O5/c1-6-38-24-9-7-20(11-12-39-19(4)35)26(17-24)29-27-16-21(8-10-28(27)34(32-29)18(2)3)22-13-23(30(31)33-36)15-25(14-22)37-5/h7-10,13-18,36H,6,11-12H2,1-5H3,(H2,31,33). The largest absolute Gasteiger partial charge is 0.497 e. The van der Waals surface area contributed by atoms with Gasteiger partial charge in [0.05, 0.1) is 25.8 Å². The summed E-state index contributed by atoms with van der Waals surface area (Å²) in [5, 5.41) is 23.3. The van der Waals surface area contributed by atoms with Crippen LogP contribution in [0.25, 0.3) is 33.3 Å². The van der Waals surface area contributed by atoms with Gasteiger partial charge in [-0.3, -0.25) is 25.6 Å². The van der Waals surface area contributed by atoms with Crippen molar-refractivity contribution in [3.63, 3.8) is 0 Å². The number of esters is 1. The molecule has 204 valence electrons. The van der Waals surface area contributed by atoms with Crippen molar-refractivity contribution in [2.75, 3.05) is 20.3 Å². The minimum Gasteiger partial charge on any atom is -0.497 e. The van der Waals surface area contributed by atoms with Gasteiger partial charge in [-0.25, -0.2) is 0 Å². The Bertz CT molecular complexity index is 1510. The molecule has 0 saturated heterocycles. The summed E-state index contributed by atoms with van der Waals surface area (Å²) in [6.45, 7) is 8.32. The number of rotatable bonds is 10. The van der Waals surface area contributed by atoms with Gasteiger partial charge in [0.25, 0.3) is 0 Å². The Morgan fingerprint density at radius 3 is 2.54 bits per heavy atom. The first-order chi connectivity index (χ1) is 18.7. The van der Waals surface area contributed by atoms with E-state index in [0.717, 1.165) is 44.6 Å². The molecule has 3 N–H and O–H groups in total. The zero-order valence-electron chi connectivity index (χ0n) is 22.9. The molecule has 4 rings (SSSR count). The summed E-state index contributed by atoms with van der Waals surface area (Å²) < 4.78 is 18.5. The lowest BCUT2D eigenvalue weighted by molar-refractivity contribution is -0.140. The lowest BCUT2D eigenvalue weighted by atomic mass is 9.96. The van der Waals surface area contributed by atoms with Crippen LogP contribution in [0.3, 0.4) is 0 Å². The molecule has 4 aromatic rings. The number of benzene rings is 3. The molecule has 3 aromatic carbocycles. The van der Waals surface area contributed by atoms with Gasteiger partial charge in [0.2, 0.25) is 0 Å². The van der Waals surface area contributed by atoms with Crippen molar-refractivity contribution in [1.29, 1.82) is 5.41 Å². The predicted octanol–water partition coefficient (Wildman–Crippen LogP) is 5.77. The third-order valence-corrected chi connectivity index (χ3v) is 6.40. The molecule has 39 heavy (non-hydrogen) atoms. The number of nitrogens with zero attached hydrogens (tertiary/aromatic N) is 2. The highest BCUT2D eigenvalue weighted by Gasteiger charge is 2.19. The molecule has 0 fully saturated rings. The topological polar surface area (TPSA) is 119 Å². The van der Waals surface area contributed by atoms with Crippen molar-refractivity contribution < 1.29 is 24.2 Å². The Labute approximate surface area is 227 Å². The molecule has 0 atom stereocenters. The number of amidine groups is 1. The molecule has 0 aliphatic rings. The number of fused-ring (bicyclic) bond motifs is 1. The van der Waals surface area contributed by atoms with Gasteiger partial charge in [0, 0.05) is 35.9 Å². The van der Waals surface area contributed by atoms with Gasteiger partial charge >= 0.3 is 5.97 Å². The highest BCUT2D eigenvalue weighted by atomic mass is 16.5. The zero-order valence-corrected chi connectivity index (χ0v) is 22.9. The maximum absolute atomic E-state index is 11.4. The maximum Gasteiger partial charge on any atom is 0.302 e. The van der Waals surface area contributed by atoms with E-state index in [1.165, 1.54) is 6.92 Å².